The van der Waals surface area contributed by atoms with Crippen molar-refractivity contribution in [3.63, 3.8) is 0 Å². The van der Waals surface area contributed by atoms with Crippen molar-refractivity contribution in [2.75, 3.05) is 6.54 Å². The zero-order valence-corrected chi connectivity index (χ0v) is 8.68. The highest BCUT2D eigenvalue weighted by Gasteiger charge is 2.39. The van der Waals surface area contributed by atoms with Crippen LogP contribution < -0.4 is 11.5 Å². The Labute approximate surface area is 87.2 Å². The number of unbranched alkanes of at least 4 members (excludes halogenated alkanes) is 1. The monoisotopic (exact) mass is 228 g/mol. The van der Waals surface area contributed by atoms with Gasteiger partial charge in [0.15, 0.2) is 0 Å². The maximum atomic E-state index is 10.7. The predicted octanol–water partition coefficient (Wildman–Crippen LogP) is 0.701. The van der Waals surface area contributed by atoms with Crippen molar-refractivity contribution in [1.82, 2.24) is 0 Å². The third-order valence-electron chi connectivity index (χ3n) is 1.83. The minimum absolute atomic E-state index is 0.233. The van der Waals surface area contributed by atoms with Gasteiger partial charge in [0.25, 0.3) is 0 Å². The first kappa shape index (κ1) is 13.0. The van der Waals surface area contributed by atoms with Gasteiger partial charge in [0, 0.05) is 0 Å². The van der Waals surface area contributed by atoms with E-state index in [9.17, 15) is 4.79 Å². The molecule has 0 aliphatic rings. The lowest BCUT2D eigenvalue weighted by molar-refractivity contribution is -0.143. The van der Waals surface area contributed by atoms with Gasteiger partial charge in [0.2, 0.25) is 0 Å². The Morgan fingerprint density at radius 2 is 2.00 bits per heavy atom. The number of hydrogen-bond donors (Lipinski definition) is 3. The molecule has 5 N–H and O–H groups in total. The summed E-state index contributed by atoms with van der Waals surface area (Å²) in [5, 5.41) is 8.78. The summed E-state index contributed by atoms with van der Waals surface area (Å²) >= 11 is 11.0. The van der Waals surface area contributed by atoms with Gasteiger partial charge in [0.05, 0.1) is 0 Å². The van der Waals surface area contributed by atoms with Crippen LogP contribution in [0.2, 0.25) is 0 Å². The van der Waals surface area contributed by atoms with Crippen molar-refractivity contribution >= 4 is 29.2 Å². The second-order valence-electron chi connectivity index (χ2n) is 2.89. The molecule has 0 radical (unpaired) electrons. The molecule has 1 atom stereocenters. The molecule has 0 heterocycles. The van der Waals surface area contributed by atoms with Crippen molar-refractivity contribution in [1.29, 1.82) is 0 Å². The zero-order valence-electron chi connectivity index (χ0n) is 7.17. The van der Waals surface area contributed by atoms with E-state index < -0.39 is 16.3 Å². The van der Waals surface area contributed by atoms with Crippen LogP contribution in [0.15, 0.2) is 0 Å². The van der Waals surface area contributed by atoms with Gasteiger partial charge in [-0.25, -0.2) is 0 Å². The molecule has 4 nitrogen and oxygen atoms in total. The Balaban J connectivity index is 4.17. The van der Waals surface area contributed by atoms with Crippen LogP contribution in [-0.2, 0) is 4.79 Å². The van der Waals surface area contributed by atoms with Crippen LogP contribution in [0, 0.1) is 0 Å². The SMILES string of the molecule is NCCCCC(N)(C(=O)O)C(Cl)Cl. The lowest BCUT2D eigenvalue weighted by Crippen LogP contribution is -2.53. The summed E-state index contributed by atoms with van der Waals surface area (Å²) < 4.78 is 0. The van der Waals surface area contributed by atoms with Gasteiger partial charge in [-0.05, 0) is 25.8 Å². The Bertz CT molecular complexity index is 178. The van der Waals surface area contributed by atoms with Gasteiger partial charge in [-0.1, -0.05) is 0 Å². The third-order valence-corrected chi connectivity index (χ3v) is 2.61. The molecule has 0 saturated heterocycles. The van der Waals surface area contributed by atoms with E-state index in [1.165, 1.54) is 0 Å². The average Bonchev–Trinajstić information content (AvgIpc) is 2.03. The average molecular weight is 229 g/mol. The maximum Gasteiger partial charge on any atom is 0.326 e. The molecule has 13 heavy (non-hydrogen) atoms. The van der Waals surface area contributed by atoms with E-state index in [1.807, 2.05) is 0 Å². The molecule has 78 valence electrons. The molecule has 6 heteroatoms. The Kier molecular flexibility index (Phi) is 5.64. The van der Waals surface area contributed by atoms with Gasteiger partial charge in [-0.3, -0.25) is 4.79 Å². The minimum atomic E-state index is -1.56. The number of halogens is 2. The molecular formula is C7H14Cl2N2O2. The number of hydrogen-bond acceptors (Lipinski definition) is 3. The van der Waals surface area contributed by atoms with Crippen molar-refractivity contribution in [2.45, 2.75) is 29.6 Å². The van der Waals surface area contributed by atoms with Crippen molar-refractivity contribution in [3.8, 4) is 0 Å². The van der Waals surface area contributed by atoms with E-state index >= 15 is 0 Å². The van der Waals surface area contributed by atoms with Crippen molar-refractivity contribution in [3.05, 3.63) is 0 Å². The van der Waals surface area contributed by atoms with E-state index in [0.717, 1.165) is 0 Å². The molecule has 0 rings (SSSR count). The van der Waals surface area contributed by atoms with Gasteiger partial charge >= 0.3 is 5.97 Å². The van der Waals surface area contributed by atoms with E-state index in [-0.39, 0.29) is 6.42 Å². The summed E-state index contributed by atoms with van der Waals surface area (Å²) in [7, 11) is 0. The second-order valence-corrected chi connectivity index (χ2v) is 3.99. The van der Waals surface area contributed by atoms with E-state index in [2.05, 4.69) is 0 Å². The molecule has 0 spiro atoms. The standard InChI is InChI=1S/C7H14Cl2N2O2/c8-5(9)7(11,6(12)13)3-1-2-4-10/h5H,1-4,10-11H2,(H,12,13). The lowest BCUT2D eigenvalue weighted by Gasteiger charge is -2.25. The molecule has 0 fully saturated rings. The van der Waals surface area contributed by atoms with Crippen LogP contribution >= 0.6 is 23.2 Å². The van der Waals surface area contributed by atoms with Gasteiger partial charge in [0.1, 0.15) is 10.4 Å². The minimum Gasteiger partial charge on any atom is -0.480 e. The first-order valence-electron chi connectivity index (χ1n) is 3.95. The molecule has 0 bridgehead atoms. The van der Waals surface area contributed by atoms with Crippen LogP contribution in [0.5, 0.6) is 0 Å². The molecule has 1 unspecified atom stereocenters. The summed E-state index contributed by atoms with van der Waals surface area (Å²) in [6.07, 6.45) is 1.55. The molecule has 0 amide bonds. The summed E-state index contributed by atoms with van der Waals surface area (Å²) in [6, 6.07) is 0. The second kappa shape index (κ2) is 5.65. The quantitative estimate of drug-likeness (QED) is 0.462. The number of carbonyl (C=O) groups is 1. The summed E-state index contributed by atoms with van der Waals surface area (Å²) in [4.78, 5) is 9.62. The number of alkyl halides is 2. The topological polar surface area (TPSA) is 89.3 Å². The number of carboxylic acid groups (broad SMARTS) is 1. The van der Waals surface area contributed by atoms with Crippen LogP contribution in [0.3, 0.4) is 0 Å². The number of carboxylic acids is 1. The van der Waals surface area contributed by atoms with Gasteiger partial charge < -0.3 is 16.6 Å². The third kappa shape index (κ3) is 3.68. The van der Waals surface area contributed by atoms with E-state index in [4.69, 9.17) is 39.8 Å². The van der Waals surface area contributed by atoms with Crippen LogP contribution in [0.1, 0.15) is 19.3 Å². The summed E-state index contributed by atoms with van der Waals surface area (Å²) in [5.41, 5.74) is 9.22. The van der Waals surface area contributed by atoms with Gasteiger partial charge in [-0.15, -0.1) is 23.2 Å². The first-order valence-corrected chi connectivity index (χ1v) is 4.83. The molecule has 0 saturated carbocycles. The number of nitrogens with two attached hydrogens (primary N) is 2. The fourth-order valence-electron chi connectivity index (χ4n) is 0.871. The predicted molar refractivity (Wildman–Crippen MR) is 53.0 cm³/mol. The van der Waals surface area contributed by atoms with Crippen LogP contribution in [0.4, 0.5) is 0 Å². The zero-order chi connectivity index (χ0) is 10.5. The fourth-order valence-corrected chi connectivity index (χ4v) is 1.28. The lowest BCUT2D eigenvalue weighted by atomic mass is 9.96. The summed E-state index contributed by atoms with van der Waals surface area (Å²) in [5.74, 6) is -1.18. The Hall–Kier alpha value is -0.0300. The fraction of sp³-hybridized carbons (Fsp3) is 0.857. The normalized spacial score (nSPS) is 15.8. The highest BCUT2D eigenvalue weighted by Crippen LogP contribution is 2.23. The molecule has 0 aromatic carbocycles. The number of rotatable bonds is 6. The van der Waals surface area contributed by atoms with Gasteiger partial charge in [-0.2, -0.15) is 0 Å². The largest absolute Gasteiger partial charge is 0.480 e. The number of aliphatic carboxylic acids is 1. The highest BCUT2D eigenvalue weighted by atomic mass is 35.5. The maximum absolute atomic E-state index is 10.7. The Morgan fingerprint density at radius 1 is 1.46 bits per heavy atom. The van der Waals surface area contributed by atoms with Crippen LogP contribution in [0.25, 0.3) is 0 Å². The van der Waals surface area contributed by atoms with Crippen molar-refractivity contribution in [2.24, 2.45) is 11.5 Å². The first-order chi connectivity index (χ1) is 5.95. The van der Waals surface area contributed by atoms with E-state index in [0.29, 0.717) is 19.4 Å². The molecular weight excluding hydrogens is 215 g/mol. The Morgan fingerprint density at radius 3 is 2.31 bits per heavy atom. The van der Waals surface area contributed by atoms with Crippen LogP contribution in [-0.4, -0.2) is 28.0 Å². The molecule has 0 aliphatic heterocycles. The molecule has 0 aromatic rings. The smallest absolute Gasteiger partial charge is 0.326 e. The molecule has 0 aliphatic carbocycles. The van der Waals surface area contributed by atoms with Crippen molar-refractivity contribution < 1.29 is 9.90 Å². The summed E-state index contributed by atoms with van der Waals surface area (Å²) in [6.45, 7) is 0.505. The highest BCUT2D eigenvalue weighted by molar-refractivity contribution is 6.46. The molecule has 0 aromatic heterocycles. The van der Waals surface area contributed by atoms with E-state index in [1.54, 1.807) is 0 Å².